The second-order valence-electron chi connectivity index (χ2n) is 9.87. The Morgan fingerprint density at radius 3 is 1.45 bits per heavy atom. The van der Waals surface area contributed by atoms with E-state index < -0.39 is 7.26 Å². The van der Waals surface area contributed by atoms with Gasteiger partial charge in [-0.2, -0.15) is 0 Å². The fraction of sp³-hybridized carbons (Fsp3) is 0.704. The van der Waals surface area contributed by atoms with Crippen LogP contribution in [0.1, 0.15) is 102 Å². The van der Waals surface area contributed by atoms with Crippen LogP contribution in [0.2, 0.25) is 0 Å². The van der Waals surface area contributed by atoms with Crippen molar-refractivity contribution in [2.24, 2.45) is 0 Å². The first-order chi connectivity index (χ1) is 13.9. The molecule has 1 aromatic carbocycles. The lowest BCUT2D eigenvalue weighted by atomic mass is 9.99. The largest absolute Gasteiger partial charge is 1.00 e. The monoisotopic (exact) mass is 476 g/mol. The lowest BCUT2D eigenvalue weighted by Gasteiger charge is -2.48. The summed E-state index contributed by atoms with van der Waals surface area (Å²) < 4.78 is 0. The maximum Gasteiger partial charge on any atom is 0.0784 e. The van der Waals surface area contributed by atoms with Gasteiger partial charge in [-0.05, 0) is 88.7 Å². The van der Waals surface area contributed by atoms with Crippen molar-refractivity contribution in [3.05, 3.63) is 42.0 Å². The lowest BCUT2D eigenvalue weighted by molar-refractivity contribution is -0.00000575. The molecule has 3 aliphatic rings. The molecule has 0 heterocycles. The minimum Gasteiger partial charge on any atom is -1.00 e. The van der Waals surface area contributed by atoms with Crippen LogP contribution in [0.15, 0.2) is 36.4 Å². The maximum atomic E-state index is 2.65. The van der Waals surface area contributed by atoms with Gasteiger partial charge in [0, 0.05) is 7.26 Å². The molecule has 0 unspecified atom stereocenters. The van der Waals surface area contributed by atoms with Gasteiger partial charge in [0.05, 0.1) is 23.1 Å². The quantitative estimate of drug-likeness (QED) is 0.460. The van der Waals surface area contributed by atoms with E-state index in [2.05, 4.69) is 42.5 Å². The molecule has 3 fully saturated rings. The SMILES string of the molecule is C(=Cc1ccccc1)C[P+](C1CCCCC1)(C1CCCCC1)C1CCCCC1.[Br-]. The van der Waals surface area contributed by atoms with Crippen molar-refractivity contribution < 1.29 is 17.0 Å². The molecule has 0 spiro atoms. The zero-order valence-electron chi connectivity index (χ0n) is 18.4. The number of hydrogen-bond acceptors (Lipinski definition) is 0. The normalized spacial score (nSPS) is 23.2. The van der Waals surface area contributed by atoms with E-state index in [0.717, 1.165) is 17.0 Å². The summed E-state index contributed by atoms with van der Waals surface area (Å²) in [5.41, 5.74) is 4.71. The van der Waals surface area contributed by atoms with Crippen molar-refractivity contribution in [1.29, 1.82) is 0 Å². The average Bonchev–Trinajstić information content (AvgIpc) is 2.79. The first kappa shape index (κ1) is 23.5. The molecule has 4 rings (SSSR count). The number of allylic oxidation sites excluding steroid dienone is 1. The number of benzene rings is 1. The van der Waals surface area contributed by atoms with Gasteiger partial charge < -0.3 is 17.0 Å². The number of hydrogen-bond donors (Lipinski definition) is 0. The molecule has 0 saturated heterocycles. The van der Waals surface area contributed by atoms with Crippen LogP contribution in [-0.4, -0.2) is 23.1 Å². The standard InChI is InChI=1S/C27H42P.BrH/c1-5-14-24(15-6-1)16-13-23-28(25-17-7-2-8-18-25,26-19-9-3-10-20-26)27-21-11-4-12-22-27;/h1,5-6,13-16,25-27H,2-4,7-12,17-23H2;1H/q+1;/p-1. The van der Waals surface area contributed by atoms with E-state index in [0.29, 0.717) is 0 Å². The van der Waals surface area contributed by atoms with Gasteiger partial charge in [0.25, 0.3) is 0 Å². The summed E-state index contributed by atoms with van der Waals surface area (Å²) in [6.07, 6.45) is 29.6. The molecule has 2 heteroatoms. The van der Waals surface area contributed by atoms with E-state index in [1.54, 1.807) is 38.5 Å². The minimum absolute atomic E-state index is 0. The zero-order valence-corrected chi connectivity index (χ0v) is 20.9. The smallest absolute Gasteiger partial charge is 0.0784 e. The molecule has 0 aliphatic heterocycles. The van der Waals surface area contributed by atoms with Gasteiger partial charge in [0.2, 0.25) is 0 Å². The molecule has 0 nitrogen and oxygen atoms in total. The molecule has 0 N–H and O–H groups in total. The highest BCUT2D eigenvalue weighted by atomic mass is 79.9. The molecule has 0 radical (unpaired) electrons. The van der Waals surface area contributed by atoms with E-state index in [-0.39, 0.29) is 17.0 Å². The third-order valence-corrected chi connectivity index (χ3v) is 14.8. The van der Waals surface area contributed by atoms with E-state index in [4.69, 9.17) is 0 Å². The molecule has 0 aromatic heterocycles. The van der Waals surface area contributed by atoms with Crippen molar-refractivity contribution in [2.45, 2.75) is 113 Å². The second-order valence-corrected chi connectivity index (χ2v) is 14.4. The lowest BCUT2D eigenvalue weighted by Crippen LogP contribution is -3.00. The topological polar surface area (TPSA) is 0 Å². The van der Waals surface area contributed by atoms with Gasteiger partial charge in [0.15, 0.2) is 0 Å². The number of halogens is 1. The fourth-order valence-electron chi connectivity index (χ4n) is 6.96. The van der Waals surface area contributed by atoms with Gasteiger partial charge in [-0.3, -0.25) is 0 Å². The highest BCUT2D eigenvalue weighted by Gasteiger charge is 2.56. The number of rotatable bonds is 6. The Kier molecular flexibility index (Phi) is 9.77. The summed E-state index contributed by atoms with van der Waals surface area (Å²) in [6, 6.07) is 11.1. The summed E-state index contributed by atoms with van der Waals surface area (Å²) in [6.45, 7) is 0. The highest BCUT2D eigenvalue weighted by Crippen LogP contribution is 2.77. The summed E-state index contributed by atoms with van der Waals surface area (Å²) in [5.74, 6) is 0. The van der Waals surface area contributed by atoms with Crippen LogP contribution in [0.25, 0.3) is 6.08 Å². The first-order valence-corrected chi connectivity index (χ1v) is 14.7. The predicted molar refractivity (Wildman–Crippen MR) is 128 cm³/mol. The van der Waals surface area contributed by atoms with Gasteiger partial charge in [-0.15, -0.1) is 0 Å². The van der Waals surface area contributed by atoms with Gasteiger partial charge in [0.1, 0.15) is 0 Å². The third kappa shape index (κ3) is 5.77. The van der Waals surface area contributed by atoms with Crippen molar-refractivity contribution in [3.63, 3.8) is 0 Å². The van der Waals surface area contributed by atoms with Crippen LogP contribution in [0.3, 0.4) is 0 Å². The van der Waals surface area contributed by atoms with Gasteiger partial charge >= 0.3 is 0 Å². The Morgan fingerprint density at radius 1 is 0.621 bits per heavy atom. The molecule has 0 amide bonds. The van der Waals surface area contributed by atoms with Crippen molar-refractivity contribution in [2.75, 3.05) is 6.16 Å². The van der Waals surface area contributed by atoms with Crippen LogP contribution >= 0.6 is 7.26 Å². The van der Waals surface area contributed by atoms with Crippen LogP contribution in [-0.2, 0) is 0 Å². The van der Waals surface area contributed by atoms with Crippen molar-refractivity contribution >= 4 is 13.3 Å². The summed E-state index contributed by atoms with van der Waals surface area (Å²) in [5, 5.41) is 0. The average molecular weight is 478 g/mol. The molecule has 3 aliphatic carbocycles. The van der Waals surface area contributed by atoms with Gasteiger partial charge in [-0.25, -0.2) is 0 Å². The summed E-state index contributed by atoms with van der Waals surface area (Å²) in [4.78, 5) is 0. The molecule has 3 saturated carbocycles. The van der Waals surface area contributed by atoms with Crippen molar-refractivity contribution in [1.82, 2.24) is 0 Å². The summed E-state index contributed by atoms with van der Waals surface area (Å²) in [7, 11) is -0.946. The van der Waals surface area contributed by atoms with E-state index in [1.165, 1.54) is 69.5 Å². The second kappa shape index (κ2) is 12.0. The molecule has 29 heavy (non-hydrogen) atoms. The Balaban J connectivity index is 0.00000240. The third-order valence-electron chi connectivity index (χ3n) is 8.30. The molecule has 1 aromatic rings. The Bertz CT molecular complexity index is 547. The molecule has 0 bridgehead atoms. The minimum atomic E-state index is -0.946. The molecule has 0 atom stereocenters. The Labute approximate surface area is 191 Å². The van der Waals surface area contributed by atoms with Crippen LogP contribution in [0, 0.1) is 0 Å². The zero-order chi connectivity index (χ0) is 19.1. The first-order valence-electron chi connectivity index (χ1n) is 12.5. The van der Waals surface area contributed by atoms with Gasteiger partial charge in [-0.1, -0.05) is 55.7 Å². The highest BCUT2D eigenvalue weighted by molar-refractivity contribution is 7.78. The fourth-order valence-corrected chi connectivity index (χ4v) is 14.1. The molecule has 162 valence electrons. The van der Waals surface area contributed by atoms with E-state index in [9.17, 15) is 0 Å². The maximum absolute atomic E-state index is 2.65. The van der Waals surface area contributed by atoms with Crippen LogP contribution in [0.5, 0.6) is 0 Å². The van der Waals surface area contributed by atoms with Crippen LogP contribution < -0.4 is 17.0 Å². The molecular weight excluding hydrogens is 435 g/mol. The predicted octanol–water partition coefficient (Wildman–Crippen LogP) is 5.72. The van der Waals surface area contributed by atoms with E-state index in [1.807, 2.05) is 0 Å². The Hall–Kier alpha value is -0.130. The summed E-state index contributed by atoms with van der Waals surface area (Å²) >= 11 is 0. The van der Waals surface area contributed by atoms with Crippen molar-refractivity contribution in [3.8, 4) is 0 Å². The van der Waals surface area contributed by atoms with E-state index >= 15 is 0 Å². The Morgan fingerprint density at radius 2 is 1.03 bits per heavy atom. The van der Waals surface area contributed by atoms with Crippen LogP contribution in [0.4, 0.5) is 0 Å². The molecular formula is C27H42BrP.